The van der Waals surface area contributed by atoms with Crippen LogP contribution >= 0.6 is 0 Å². The lowest BCUT2D eigenvalue weighted by molar-refractivity contribution is -0.137. The van der Waals surface area contributed by atoms with Crippen LogP contribution in [-0.4, -0.2) is 53.7 Å². The van der Waals surface area contributed by atoms with Gasteiger partial charge in [-0.15, -0.1) is 0 Å². The van der Waals surface area contributed by atoms with Crippen LogP contribution in [0.5, 0.6) is 5.75 Å². The van der Waals surface area contributed by atoms with Crippen molar-refractivity contribution in [2.24, 2.45) is 11.8 Å². The molecule has 28 heavy (non-hydrogen) atoms. The van der Waals surface area contributed by atoms with Gasteiger partial charge in [0.1, 0.15) is 5.75 Å². The quantitative estimate of drug-likeness (QED) is 0.855. The van der Waals surface area contributed by atoms with E-state index in [1.54, 1.807) is 25.7 Å². The molecule has 2 saturated heterocycles. The maximum absolute atomic E-state index is 12.9. The van der Waals surface area contributed by atoms with Crippen molar-refractivity contribution in [2.75, 3.05) is 32.1 Å². The number of hydrogen-bond donors (Lipinski definition) is 1. The summed E-state index contributed by atoms with van der Waals surface area (Å²) in [6.07, 6.45) is 6.58. The summed E-state index contributed by atoms with van der Waals surface area (Å²) in [5.74, 6) is 1.50. The van der Waals surface area contributed by atoms with E-state index in [2.05, 4.69) is 32.3 Å². The largest absolute Gasteiger partial charge is 0.497 e. The molecule has 0 unspecified atom stereocenters. The van der Waals surface area contributed by atoms with E-state index in [1.807, 2.05) is 12.1 Å². The van der Waals surface area contributed by atoms with E-state index < -0.39 is 0 Å². The minimum Gasteiger partial charge on any atom is -0.497 e. The van der Waals surface area contributed by atoms with Gasteiger partial charge in [-0.3, -0.25) is 14.7 Å². The highest BCUT2D eigenvalue weighted by Gasteiger charge is 2.41. The molecule has 1 aromatic heterocycles. The average molecular weight is 382 g/mol. The Morgan fingerprint density at radius 2 is 2.29 bits per heavy atom. The number of rotatable bonds is 5. The third-order valence-corrected chi connectivity index (χ3v) is 5.65. The summed E-state index contributed by atoms with van der Waals surface area (Å²) in [6.45, 7) is 3.30. The highest BCUT2D eigenvalue weighted by molar-refractivity contribution is 5.91. The van der Waals surface area contributed by atoms with Crippen molar-refractivity contribution in [1.29, 1.82) is 0 Å². The number of benzene rings is 1. The maximum atomic E-state index is 12.9. The van der Waals surface area contributed by atoms with Gasteiger partial charge in [0.15, 0.2) is 5.82 Å². The molecule has 7 heteroatoms. The Hall–Kier alpha value is -2.51. The zero-order valence-electron chi connectivity index (χ0n) is 16.1. The van der Waals surface area contributed by atoms with E-state index in [9.17, 15) is 4.79 Å². The Morgan fingerprint density at radius 1 is 1.36 bits per heavy atom. The van der Waals surface area contributed by atoms with Crippen molar-refractivity contribution < 1.29 is 14.3 Å². The number of aromatic nitrogens is 2. The molecule has 1 aromatic carbocycles. The fourth-order valence-electron chi connectivity index (χ4n) is 4.27. The average Bonchev–Trinajstić information content (AvgIpc) is 2.74. The monoisotopic (exact) mass is 382 g/mol. The Bertz CT molecular complexity index is 801. The smallest absolute Gasteiger partial charge is 0.229 e. The highest BCUT2D eigenvalue weighted by Crippen LogP contribution is 2.34. The molecular weight excluding hydrogens is 356 g/mol. The second-order valence-corrected chi connectivity index (χ2v) is 7.42. The summed E-state index contributed by atoms with van der Waals surface area (Å²) in [5, 5.41) is 2.92. The van der Waals surface area contributed by atoms with Crippen LogP contribution in [-0.2, 0) is 16.1 Å². The summed E-state index contributed by atoms with van der Waals surface area (Å²) < 4.78 is 11.3. The number of fused-ring (bicyclic) bond motifs is 1. The minimum absolute atomic E-state index is 0.0158. The van der Waals surface area contributed by atoms with E-state index in [0.717, 1.165) is 38.2 Å². The number of nitrogens with zero attached hydrogens (tertiary/aromatic N) is 3. The van der Waals surface area contributed by atoms with E-state index in [0.29, 0.717) is 12.4 Å². The summed E-state index contributed by atoms with van der Waals surface area (Å²) in [6, 6.07) is 8.16. The number of amides is 1. The Morgan fingerprint density at radius 3 is 3.11 bits per heavy atom. The molecule has 7 nitrogen and oxygen atoms in total. The van der Waals surface area contributed by atoms with Crippen LogP contribution < -0.4 is 10.1 Å². The first kappa shape index (κ1) is 18.8. The summed E-state index contributed by atoms with van der Waals surface area (Å²) in [5.41, 5.74) is 1.22. The SMILES string of the molecule is COc1cccc(CN2CC[C@H]3OCC[C@@H](C(=O)Nc4cnccn4)[C@H]3C2)c1. The number of carbonyl (C=O) groups is 1. The van der Waals surface area contributed by atoms with Gasteiger partial charge in [0.2, 0.25) is 5.91 Å². The van der Waals surface area contributed by atoms with Crippen molar-refractivity contribution in [3.63, 3.8) is 0 Å². The van der Waals surface area contributed by atoms with E-state index in [1.165, 1.54) is 5.56 Å². The normalized spacial score (nSPS) is 25.0. The number of nitrogens with one attached hydrogen (secondary N) is 1. The van der Waals surface area contributed by atoms with Crippen LogP contribution in [0.4, 0.5) is 5.82 Å². The molecule has 0 spiro atoms. The van der Waals surface area contributed by atoms with Crippen molar-refractivity contribution in [1.82, 2.24) is 14.9 Å². The third-order valence-electron chi connectivity index (χ3n) is 5.65. The zero-order valence-corrected chi connectivity index (χ0v) is 16.1. The molecule has 2 fully saturated rings. The van der Waals surface area contributed by atoms with Gasteiger partial charge in [-0.05, 0) is 30.5 Å². The predicted octanol–water partition coefficient (Wildman–Crippen LogP) is 2.35. The van der Waals surface area contributed by atoms with Crippen LogP contribution in [0.15, 0.2) is 42.9 Å². The van der Waals surface area contributed by atoms with Gasteiger partial charge in [0.25, 0.3) is 0 Å². The van der Waals surface area contributed by atoms with Crippen LogP contribution in [0, 0.1) is 11.8 Å². The van der Waals surface area contributed by atoms with Gasteiger partial charge < -0.3 is 14.8 Å². The van der Waals surface area contributed by atoms with Crippen LogP contribution in [0.2, 0.25) is 0 Å². The molecule has 1 N–H and O–H groups in total. The number of methoxy groups -OCH3 is 1. The standard InChI is InChI=1S/C21H26N4O3/c1-27-16-4-2-3-15(11-16)13-25-9-5-19-18(14-25)17(6-10-28-19)21(26)24-20-12-22-7-8-23-20/h2-4,7-8,11-12,17-19H,5-6,9-10,13-14H2,1H3,(H,23,24,26)/t17-,18-,19-/m1/s1. The van der Waals surface area contributed by atoms with Gasteiger partial charge in [-0.25, -0.2) is 4.98 Å². The molecule has 0 bridgehead atoms. The number of anilines is 1. The Balaban J connectivity index is 1.43. The zero-order chi connectivity index (χ0) is 19.3. The minimum atomic E-state index is -0.0751. The number of ether oxygens (including phenoxy) is 2. The lowest BCUT2D eigenvalue weighted by Crippen LogP contribution is -2.52. The first-order chi connectivity index (χ1) is 13.7. The fraction of sp³-hybridized carbons (Fsp3) is 0.476. The number of carbonyl (C=O) groups excluding carboxylic acids is 1. The van der Waals surface area contributed by atoms with Crippen molar-refractivity contribution in [3.05, 3.63) is 48.4 Å². The first-order valence-electron chi connectivity index (χ1n) is 9.76. The van der Waals surface area contributed by atoms with Crippen molar-refractivity contribution >= 4 is 11.7 Å². The Labute approximate surface area is 165 Å². The first-order valence-corrected chi connectivity index (χ1v) is 9.76. The molecule has 0 radical (unpaired) electrons. The molecule has 148 valence electrons. The molecule has 3 atom stereocenters. The second-order valence-electron chi connectivity index (χ2n) is 7.42. The lowest BCUT2D eigenvalue weighted by atomic mass is 9.79. The molecular formula is C21H26N4O3. The molecule has 2 aromatic rings. The third kappa shape index (κ3) is 4.31. The highest BCUT2D eigenvalue weighted by atomic mass is 16.5. The lowest BCUT2D eigenvalue weighted by Gasteiger charge is -2.44. The molecule has 0 aliphatic carbocycles. The summed E-state index contributed by atoms with van der Waals surface area (Å²) >= 11 is 0. The summed E-state index contributed by atoms with van der Waals surface area (Å²) in [7, 11) is 1.68. The molecule has 4 rings (SSSR count). The molecule has 0 saturated carbocycles. The Kier molecular flexibility index (Phi) is 5.83. The van der Waals surface area contributed by atoms with Crippen molar-refractivity contribution in [2.45, 2.75) is 25.5 Å². The second kappa shape index (κ2) is 8.67. The topological polar surface area (TPSA) is 76.6 Å². The molecule has 2 aliphatic heterocycles. The number of likely N-dealkylation sites (tertiary alicyclic amines) is 1. The summed E-state index contributed by atoms with van der Waals surface area (Å²) in [4.78, 5) is 23.5. The molecule has 2 aliphatic rings. The van der Waals surface area contributed by atoms with Gasteiger partial charge in [-0.2, -0.15) is 0 Å². The van der Waals surface area contributed by atoms with Crippen LogP contribution in [0.25, 0.3) is 0 Å². The number of hydrogen-bond acceptors (Lipinski definition) is 6. The van der Waals surface area contributed by atoms with E-state index in [4.69, 9.17) is 9.47 Å². The van der Waals surface area contributed by atoms with Gasteiger partial charge in [0.05, 0.1) is 19.4 Å². The van der Waals surface area contributed by atoms with E-state index >= 15 is 0 Å². The predicted molar refractivity (Wildman–Crippen MR) is 105 cm³/mol. The maximum Gasteiger partial charge on any atom is 0.229 e. The van der Waals surface area contributed by atoms with Crippen LogP contribution in [0.3, 0.4) is 0 Å². The van der Waals surface area contributed by atoms with E-state index in [-0.39, 0.29) is 23.8 Å². The molecule has 3 heterocycles. The van der Waals surface area contributed by atoms with Gasteiger partial charge >= 0.3 is 0 Å². The van der Waals surface area contributed by atoms with Gasteiger partial charge in [0, 0.05) is 50.5 Å². The van der Waals surface area contributed by atoms with Gasteiger partial charge in [-0.1, -0.05) is 12.1 Å². The molecule has 1 amide bonds. The van der Waals surface area contributed by atoms with Crippen molar-refractivity contribution in [3.8, 4) is 5.75 Å². The van der Waals surface area contributed by atoms with Crippen LogP contribution in [0.1, 0.15) is 18.4 Å². The fourth-order valence-corrected chi connectivity index (χ4v) is 4.27. The number of piperidine rings is 1.